The van der Waals surface area contributed by atoms with Crippen molar-refractivity contribution in [3.63, 3.8) is 0 Å². The highest BCUT2D eigenvalue weighted by atomic mass is 16.5. The molecule has 2 aliphatic rings. The van der Waals surface area contributed by atoms with E-state index < -0.39 is 0 Å². The molecule has 5 heteroatoms. The van der Waals surface area contributed by atoms with E-state index in [0.717, 1.165) is 39.0 Å². The second kappa shape index (κ2) is 7.38. The lowest BCUT2D eigenvalue weighted by Gasteiger charge is -2.39. The zero-order chi connectivity index (χ0) is 14.5. The summed E-state index contributed by atoms with van der Waals surface area (Å²) in [7, 11) is 1.95. The minimum absolute atomic E-state index is 0.0504. The second-order valence-corrected chi connectivity index (χ2v) is 6.27. The van der Waals surface area contributed by atoms with E-state index in [-0.39, 0.29) is 12.0 Å². The van der Waals surface area contributed by atoms with Crippen LogP contribution >= 0.6 is 0 Å². The third-order valence-corrected chi connectivity index (χ3v) is 4.58. The Morgan fingerprint density at radius 2 is 2.10 bits per heavy atom. The van der Waals surface area contributed by atoms with E-state index in [4.69, 9.17) is 4.74 Å². The van der Waals surface area contributed by atoms with E-state index in [1.54, 1.807) is 0 Å². The molecule has 2 rings (SSSR count). The summed E-state index contributed by atoms with van der Waals surface area (Å²) in [5.74, 6) is 0.224. The van der Waals surface area contributed by atoms with Crippen LogP contribution in [0.25, 0.3) is 0 Å². The molecule has 2 saturated heterocycles. The lowest BCUT2D eigenvalue weighted by molar-refractivity contribution is -0.136. The first-order valence-corrected chi connectivity index (χ1v) is 7.90. The number of piperidine rings is 1. The molecule has 0 bridgehead atoms. The predicted octanol–water partition coefficient (Wildman–Crippen LogP) is 0.696. The zero-order valence-electron chi connectivity index (χ0n) is 13.1. The minimum atomic E-state index is 0.0504. The van der Waals surface area contributed by atoms with Crippen LogP contribution in [-0.2, 0) is 9.53 Å². The van der Waals surface area contributed by atoms with Crippen molar-refractivity contribution in [1.82, 2.24) is 15.1 Å². The number of hydrogen-bond acceptors (Lipinski definition) is 4. The third kappa shape index (κ3) is 4.17. The van der Waals surface area contributed by atoms with Crippen molar-refractivity contribution in [3.05, 3.63) is 0 Å². The minimum Gasteiger partial charge on any atom is -0.375 e. The Kier molecular flexibility index (Phi) is 5.81. The summed E-state index contributed by atoms with van der Waals surface area (Å²) in [4.78, 5) is 16.8. The van der Waals surface area contributed by atoms with E-state index in [9.17, 15) is 4.79 Å². The van der Waals surface area contributed by atoms with Crippen LogP contribution in [0.4, 0.5) is 0 Å². The van der Waals surface area contributed by atoms with Crippen molar-refractivity contribution in [2.24, 2.45) is 0 Å². The molecule has 0 saturated carbocycles. The monoisotopic (exact) mass is 283 g/mol. The Morgan fingerprint density at radius 3 is 2.65 bits per heavy atom. The largest absolute Gasteiger partial charge is 0.375 e. The maximum absolute atomic E-state index is 12.3. The van der Waals surface area contributed by atoms with E-state index in [1.807, 2.05) is 11.9 Å². The molecule has 2 heterocycles. The summed E-state index contributed by atoms with van der Waals surface area (Å²) in [6.07, 6.45) is 2.73. The van der Waals surface area contributed by atoms with Gasteiger partial charge in [0.05, 0.1) is 19.1 Å². The van der Waals surface area contributed by atoms with Crippen LogP contribution in [-0.4, -0.2) is 73.7 Å². The summed E-state index contributed by atoms with van der Waals surface area (Å²) in [5, 5.41) is 3.27. The van der Waals surface area contributed by atoms with Gasteiger partial charge in [-0.3, -0.25) is 4.79 Å². The zero-order valence-corrected chi connectivity index (χ0v) is 13.1. The van der Waals surface area contributed by atoms with Gasteiger partial charge >= 0.3 is 0 Å². The predicted molar refractivity (Wildman–Crippen MR) is 79.7 cm³/mol. The van der Waals surface area contributed by atoms with Crippen LogP contribution in [0.5, 0.6) is 0 Å². The Hall–Kier alpha value is -0.650. The van der Waals surface area contributed by atoms with Gasteiger partial charge in [0, 0.05) is 45.3 Å². The lowest BCUT2D eigenvalue weighted by atomic mass is 10.0. The van der Waals surface area contributed by atoms with Crippen molar-refractivity contribution in [2.75, 3.05) is 39.8 Å². The first kappa shape index (κ1) is 15.7. The van der Waals surface area contributed by atoms with Crippen molar-refractivity contribution < 1.29 is 9.53 Å². The molecule has 5 nitrogen and oxygen atoms in total. The fraction of sp³-hybridized carbons (Fsp3) is 0.933. The molecule has 1 atom stereocenters. The average molecular weight is 283 g/mol. The van der Waals surface area contributed by atoms with Gasteiger partial charge in [0.25, 0.3) is 0 Å². The van der Waals surface area contributed by atoms with Gasteiger partial charge in [-0.05, 0) is 26.7 Å². The molecule has 0 aromatic heterocycles. The SMILES string of the molecule is CC(C)N1CCC(N(C)C(=O)CC2CNCCO2)CC1. The molecule has 116 valence electrons. The van der Waals surface area contributed by atoms with Gasteiger partial charge in [0.2, 0.25) is 5.91 Å². The first-order valence-electron chi connectivity index (χ1n) is 7.90. The number of hydrogen-bond donors (Lipinski definition) is 1. The first-order chi connectivity index (χ1) is 9.58. The van der Waals surface area contributed by atoms with Gasteiger partial charge in [0.1, 0.15) is 0 Å². The molecule has 2 fully saturated rings. The number of ether oxygens (including phenoxy) is 1. The van der Waals surface area contributed by atoms with E-state index in [0.29, 0.717) is 25.1 Å². The highest BCUT2D eigenvalue weighted by Crippen LogP contribution is 2.18. The summed E-state index contributed by atoms with van der Waals surface area (Å²) < 4.78 is 5.62. The number of amides is 1. The summed E-state index contributed by atoms with van der Waals surface area (Å²) in [5.41, 5.74) is 0. The molecular formula is C15H29N3O2. The van der Waals surface area contributed by atoms with Crippen molar-refractivity contribution in [3.8, 4) is 0 Å². The number of nitrogens with zero attached hydrogens (tertiary/aromatic N) is 2. The van der Waals surface area contributed by atoms with Crippen LogP contribution < -0.4 is 5.32 Å². The number of morpholine rings is 1. The number of likely N-dealkylation sites (tertiary alicyclic amines) is 1. The molecule has 1 N–H and O–H groups in total. The second-order valence-electron chi connectivity index (χ2n) is 6.27. The van der Waals surface area contributed by atoms with Gasteiger partial charge in [-0.15, -0.1) is 0 Å². The number of carbonyl (C=O) groups excluding carboxylic acids is 1. The average Bonchev–Trinajstić information content (AvgIpc) is 2.47. The van der Waals surface area contributed by atoms with Crippen LogP contribution in [0.3, 0.4) is 0 Å². The molecule has 0 aromatic rings. The molecule has 0 aromatic carbocycles. The maximum Gasteiger partial charge on any atom is 0.225 e. The smallest absolute Gasteiger partial charge is 0.225 e. The molecule has 1 unspecified atom stereocenters. The molecule has 1 amide bonds. The fourth-order valence-corrected chi connectivity index (χ4v) is 3.08. The maximum atomic E-state index is 12.3. The topological polar surface area (TPSA) is 44.8 Å². The quantitative estimate of drug-likeness (QED) is 0.825. The van der Waals surface area contributed by atoms with E-state index >= 15 is 0 Å². The fourth-order valence-electron chi connectivity index (χ4n) is 3.08. The van der Waals surface area contributed by atoms with Gasteiger partial charge < -0.3 is 19.9 Å². The third-order valence-electron chi connectivity index (χ3n) is 4.58. The van der Waals surface area contributed by atoms with Gasteiger partial charge in [0.15, 0.2) is 0 Å². The number of carbonyl (C=O) groups is 1. The highest BCUT2D eigenvalue weighted by Gasteiger charge is 2.28. The highest BCUT2D eigenvalue weighted by molar-refractivity contribution is 5.76. The van der Waals surface area contributed by atoms with Gasteiger partial charge in [-0.2, -0.15) is 0 Å². The van der Waals surface area contributed by atoms with Crippen LogP contribution in [0.15, 0.2) is 0 Å². The molecular weight excluding hydrogens is 254 g/mol. The molecule has 0 radical (unpaired) electrons. The summed E-state index contributed by atoms with van der Waals surface area (Å²) in [6.45, 7) is 9.09. The number of nitrogens with one attached hydrogen (secondary N) is 1. The lowest BCUT2D eigenvalue weighted by Crippen LogP contribution is -2.49. The molecule has 0 spiro atoms. The standard InChI is InChI=1S/C15H29N3O2/c1-12(2)18-7-4-13(5-8-18)17(3)15(19)10-14-11-16-6-9-20-14/h12-14,16H,4-11H2,1-3H3. The van der Waals surface area contributed by atoms with E-state index in [2.05, 4.69) is 24.1 Å². The molecule has 2 aliphatic heterocycles. The van der Waals surface area contributed by atoms with Crippen molar-refractivity contribution in [1.29, 1.82) is 0 Å². The summed E-state index contributed by atoms with van der Waals surface area (Å²) in [6, 6.07) is 1.01. The Balaban J connectivity index is 1.76. The Bertz CT molecular complexity index is 308. The van der Waals surface area contributed by atoms with E-state index in [1.165, 1.54) is 0 Å². The van der Waals surface area contributed by atoms with Crippen LogP contribution in [0.1, 0.15) is 33.1 Å². The van der Waals surface area contributed by atoms with Crippen molar-refractivity contribution >= 4 is 5.91 Å². The Labute approximate surface area is 122 Å². The van der Waals surface area contributed by atoms with Gasteiger partial charge in [-0.1, -0.05) is 0 Å². The van der Waals surface area contributed by atoms with Gasteiger partial charge in [-0.25, -0.2) is 0 Å². The van der Waals surface area contributed by atoms with Crippen LogP contribution in [0, 0.1) is 0 Å². The van der Waals surface area contributed by atoms with Crippen molar-refractivity contribution in [2.45, 2.75) is 51.3 Å². The molecule has 0 aliphatic carbocycles. The number of rotatable bonds is 4. The van der Waals surface area contributed by atoms with Crippen LogP contribution in [0.2, 0.25) is 0 Å². The normalized spacial score (nSPS) is 25.9. The molecule has 20 heavy (non-hydrogen) atoms. The summed E-state index contributed by atoms with van der Waals surface area (Å²) >= 11 is 0. The Morgan fingerprint density at radius 1 is 1.40 bits per heavy atom.